The molecule has 27 heteroatoms. The van der Waals surface area contributed by atoms with Crippen molar-refractivity contribution in [1.82, 2.24) is 6.15 Å². The van der Waals surface area contributed by atoms with Crippen LogP contribution in [0.5, 0.6) is 0 Å². The van der Waals surface area contributed by atoms with E-state index in [1.165, 1.54) is 42.5 Å². The lowest BCUT2D eigenvalue weighted by Crippen LogP contribution is -2.21. The topological polar surface area (TPSA) is 432 Å². The van der Waals surface area contributed by atoms with E-state index in [0.717, 1.165) is 30.9 Å². The number of sulfonamides is 2. The normalized spacial score (nSPS) is 11.0. The summed E-state index contributed by atoms with van der Waals surface area (Å²) in [4.78, 5) is 29.6. The van der Waals surface area contributed by atoms with E-state index in [9.17, 15) is 55.6 Å². The maximum atomic E-state index is 11.4. The molecule has 0 aliphatic carbocycles. The first-order valence-corrected chi connectivity index (χ1v) is 27.0. The molecule has 0 atom stereocenters. The van der Waals surface area contributed by atoms with Crippen LogP contribution in [0.3, 0.4) is 0 Å². The van der Waals surface area contributed by atoms with Crippen molar-refractivity contribution in [3.8, 4) is 0 Å². The zero-order valence-electron chi connectivity index (χ0n) is 44.3. The van der Waals surface area contributed by atoms with Crippen molar-refractivity contribution in [2.75, 3.05) is 31.3 Å². The van der Waals surface area contributed by atoms with Crippen LogP contribution in [-0.4, -0.2) is 70.4 Å². The largest absolute Gasteiger partial charge is 0.412 e. The van der Waals surface area contributed by atoms with Gasteiger partial charge in [-0.3, -0.25) is 30.3 Å². The second-order valence-corrected chi connectivity index (χ2v) is 24.9. The summed E-state index contributed by atoms with van der Waals surface area (Å²) < 4.78 is 73.3. The lowest BCUT2D eigenvalue weighted by atomic mass is 9.86. The molecule has 0 saturated heterocycles. The first kappa shape index (κ1) is 84.5. The molecule has 76 heavy (non-hydrogen) atoms. The summed E-state index contributed by atoms with van der Waals surface area (Å²) in [5.74, 6) is 0. The number of nitrogens with two attached hydrogens (primary N) is 4. The Bertz CT molecular complexity index is 2680. The third-order valence-corrected chi connectivity index (χ3v) is 12.4. The van der Waals surface area contributed by atoms with Gasteiger partial charge >= 0.3 is 0 Å². The van der Waals surface area contributed by atoms with E-state index in [1.54, 1.807) is 45.9 Å². The first-order chi connectivity index (χ1) is 31.8. The van der Waals surface area contributed by atoms with Crippen molar-refractivity contribution < 1.29 is 55.3 Å². The van der Waals surface area contributed by atoms with Gasteiger partial charge in [-0.1, -0.05) is 124 Å². The molecule has 0 amide bonds. The predicted octanol–water partition coefficient (Wildman–Crippen LogP) is 10.3. The van der Waals surface area contributed by atoms with Gasteiger partial charge in [0.05, 0.1) is 29.5 Å². The van der Waals surface area contributed by atoms with Gasteiger partial charge < -0.3 is 32.9 Å². The quantitative estimate of drug-likeness (QED) is 0.0413. The number of nitrogen functional groups attached to an aromatic ring is 2. The molecule has 0 spiro atoms. The molecular formula is C49H89ClN8O15S3. The summed E-state index contributed by atoms with van der Waals surface area (Å²) >= 11 is 0. The summed E-state index contributed by atoms with van der Waals surface area (Å²) in [5, 5.41) is 49.5. The fourth-order valence-electron chi connectivity index (χ4n) is 5.87. The van der Waals surface area contributed by atoms with Crippen LogP contribution in [0.2, 0.25) is 0 Å². The highest BCUT2D eigenvalue weighted by atomic mass is 35.7. The number of aliphatic hydroxyl groups is 1. The highest BCUT2D eigenvalue weighted by Gasteiger charge is 2.28. The number of rotatable bonds is 8. The van der Waals surface area contributed by atoms with Crippen LogP contribution < -0.4 is 27.9 Å². The number of nitro groups is 3. The second kappa shape index (κ2) is 34.4. The van der Waals surface area contributed by atoms with E-state index in [2.05, 4.69) is 0 Å². The lowest BCUT2D eigenvalue weighted by molar-refractivity contribution is -0.385. The third kappa shape index (κ3) is 29.8. The Morgan fingerprint density at radius 3 is 1.00 bits per heavy atom. The van der Waals surface area contributed by atoms with Crippen molar-refractivity contribution in [2.45, 2.75) is 162 Å². The number of nitro benzene ring substituents is 3. The summed E-state index contributed by atoms with van der Waals surface area (Å²) in [6, 6.07) is 16.8. The Kier molecular flexibility index (Phi) is 38.2. The Balaban J connectivity index is -0.000000156. The number of aliphatic hydroxyl groups excluding tert-OH is 1. The second-order valence-electron chi connectivity index (χ2n) is 19.3. The molecule has 23 nitrogen and oxygen atoms in total. The van der Waals surface area contributed by atoms with Gasteiger partial charge in [-0.2, -0.15) is 0 Å². The molecule has 440 valence electrons. The number of anilines is 2. The van der Waals surface area contributed by atoms with Gasteiger partial charge in [-0.25, -0.2) is 35.5 Å². The van der Waals surface area contributed by atoms with Crippen molar-refractivity contribution in [3.05, 3.63) is 125 Å². The maximum absolute atomic E-state index is 11.4. The fourth-order valence-corrected chi connectivity index (χ4v) is 9.10. The minimum absolute atomic E-state index is 0. The van der Waals surface area contributed by atoms with Crippen LogP contribution >= 0.6 is 10.7 Å². The molecule has 4 aromatic carbocycles. The van der Waals surface area contributed by atoms with Crippen LogP contribution in [0.4, 0.5) is 28.4 Å². The summed E-state index contributed by atoms with van der Waals surface area (Å²) in [7, 11) is -6.41. The molecular weight excluding hydrogens is 1070 g/mol. The molecule has 0 aromatic heterocycles. The van der Waals surface area contributed by atoms with Gasteiger partial charge in [0.2, 0.25) is 20.0 Å². The zero-order valence-corrected chi connectivity index (χ0v) is 47.5. The molecule has 0 saturated carbocycles. The van der Waals surface area contributed by atoms with Gasteiger partial charge in [-0.05, 0) is 82.9 Å². The van der Waals surface area contributed by atoms with Crippen LogP contribution in [0.15, 0.2) is 87.5 Å². The maximum Gasteiger partial charge on any atom is 0.271 e. The van der Waals surface area contributed by atoms with E-state index in [-0.39, 0.29) is 83.1 Å². The molecule has 0 aliphatic rings. The average molecular weight is 1160 g/mol. The molecule has 0 aliphatic heterocycles. The molecule has 0 bridgehead atoms. The van der Waals surface area contributed by atoms with E-state index in [4.69, 9.17) is 42.3 Å². The Labute approximate surface area is 457 Å². The highest BCUT2D eigenvalue weighted by molar-refractivity contribution is 8.13. The van der Waals surface area contributed by atoms with Crippen LogP contribution in [0.25, 0.3) is 0 Å². The lowest BCUT2D eigenvalue weighted by Gasteiger charge is -2.22. The number of primary sulfonamides is 2. The summed E-state index contributed by atoms with van der Waals surface area (Å²) in [6.45, 7) is 30.3. The first-order valence-electron chi connectivity index (χ1n) is 21.5. The number of halogens is 1. The molecule has 0 radical (unpaired) electrons. The van der Waals surface area contributed by atoms with Crippen molar-refractivity contribution >= 4 is 68.2 Å². The van der Waals surface area contributed by atoms with E-state index >= 15 is 0 Å². The number of hydrogen-bond donors (Lipinski definition) is 6. The number of ether oxygens (including phenoxy) is 1. The molecule has 4 rings (SSSR count). The zero-order chi connectivity index (χ0) is 56.5. The predicted molar refractivity (Wildman–Crippen MR) is 309 cm³/mol. The van der Waals surface area contributed by atoms with E-state index in [0.29, 0.717) is 28.1 Å². The minimum Gasteiger partial charge on any atom is -0.412 e. The van der Waals surface area contributed by atoms with E-state index in [1.807, 2.05) is 76.2 Å². The van der Waals surface area contributed by atoms with Crippen molar-refractivity contribution in [1.29, 1.82) is 0 Å². The van der Waals surface area contributed by atoms with Crippen molar-refractivity contribution in [3.63, 3.8) is 0 Å². The molecule has 4 aromatic rings. The number of nitrogens with zero attached hydrogens (tertiary/aromatic N) is 3. The molecule has 0 fully saturated rings. The summed E-state index contributed by atoms with van der Waals surface area (Å²) in [5.41, 5.74) is 12.9. The smallest absolute Gasteiger partial charge is 0.271 e. The van der Waals surface area contributed by atoms with Gasteiger partial charge in [0.15, 0.2) is 0 Å². The number of non-ortho nitro benzene ring substituents is 3. The minimum atomic E-state index is -4.00. The molecule has 0 unspecified atom stereocenters. The summed E-state index contributed by atoms with van der Waals surface area (Å²) in [6.07, 6.45) is 0. The number of hydrogen-bond acceptors (Lipinski definition) is 17. The van der Waals surface area contributed by atoms with Crippen molar-refractivity contribution in [2.24, 2.45) is 10.3 Å². The van der Waals surface area contributed by atoms with Gasteiger partial charge in [0.1, 0.15) is 0 Å². The van der Waals surface area contributed by atoms with Gasteiger partial charge in [0.25, 0.3) is 26.1 Å². The molecule has 0 heterocycles. The van der Waals surface area contributed by atoms with Crippen LogP contribution in [0.1, 0.15) is 148 Å². The Morgan fingerprint density at radius 1 is 0.513 bits per heavy atom. The SMILES string of the molecule is C.C.C.CC(C)(C)c1ccc(N)cc1S(N)(=O)=O.CC(C)(C)c1ccc([N+](=O)[O-])cc1N.CC(C)(C)c1ccc([N+](=O)[O-])cc1S(=O)(=O)Cl.CC(C)(C)c1ccc([N+](=O)[O-])cc1S(N)(=O)=O.CCO.CCOCC.N.O. The average Bonchev–Trinajstić information content (AvgIpc) is 3.19. The standard InChI is InChI=1S/C10H12ClNO4S.C10H14N2O4S.C10H16N2O2S.C10H14N2O2.C4H10O.C2H6O.3CH4.H3N.H2O/c2*1-10(2,3)8-5-4-7(12(13)14)6-9(8)17(11,15)16;1-10(2,3)8-5-4-7(11)6-9(8)15(12,13)14;1-10(2,3)8-5-4-7(12(13)14)6-9(8)11;1-3-5-4-2;1-2-3;;;;;/h4-6H,1-3H3;4-6H,1-3H3,(H2,11,15,16);4-6H,11H2,1-3H3,(H2,12,13,14);4-6H,11H2,1-3H3;3-4H2,1-2H3;3H,2H2,1H3;3*1H4;1H3;1H2. The Hall–Kier alpha value is -5.42. The monoisotopic (exact) mass is 1160 g/mol. The van der Waals surface area contributed by atoms with Crippen LogP contribution in [0, 0.1) is 30.3 Å². The number of benzene rings is 4. The third-order valence-electron chi connectivity index (χ3n) is 9.12. The highest BCUT2D eigenvalue weighted by Crippen LogP contribution is 2.35. The Morgan fingerprint density at radius 2 is 0.763 bits per heavy atom. The van der Waals surface area contributed by atoms with Gasteiger partial charge in [0, 0.05) is 78.3 Å². The van der Waals surface area contributed by atoms with Gasteiger partial charge in [-0.15, -0.1) is 0 Å². The fraction of sp³-hybridized carbons (Fsp3) is 0.510. The molecule has 14 N–H and O–H groups in total. The van der Waals surface area contributed by atoms with E-state index < -0.39 is 54.7 Å². The van der Waals surface area contributed by atoms with Crippen LogP contribution in [-0.2, 0) is 55.5 Å².